The number of benzene rings is 2. The average Bonchev–Trinajstić information content (AvgIpc) is 3.17. The van der Waals surface area contributed by atoms with E-state index in [9.17, 15) is 9.59 Å². The molecule has 0 radical (unpaired) electrons. The van der Waals surface area contributed by atoms with E-state index in [0.29, 0.717) is 34.2 Å². The monoisotopic (exact) mass is 451 g/mol. The second-order valence-electron chi connectivity index (χ2n) is 6.83. The lowest BCUT2D eigenvalue weighted by atomic mass is 10.1. The molecule has 0 atom stereocenters. The number of nitrogens with one attached hydrogen (secondary N) is 1. The summed E-state index contributed by atoms with van der Waals surface area (Å²) in [6.07, 6.45) is 0. The van der Waals surface area contributed by atoms with Crippen molar-refractivity contribution in [1.82, 2.24) is 19.5 Å². The summed E-state index contributed by atoms with van der Waals surface area (Å²) in [4.78, 5) is 36.6. The molecule has 0 fully saturated rings. The molecule has 11 nitrogen and oxygen atoms in total. The number of carbonyl (C=O) groups excluding carboxylic acids is 1. The first kappa shape index (κ1) is 21.7. The van der Waals surface area contributed by atoms with Crippen LogP contribution in [0.15, 0.2) is 41.2 Å². The second kappa shape index (κ2) is 8.54. The number of aromatic nitrogens is 4. The van der Waals surface area contributed by atoms with E-state index in [1.54, 1.807) is 36.4 Å². The molecule has 0 aliphatic rings. The molecule has 4 aromatic rings. The van der Waals surface area contributed by atoms with E-state index in [0.717, 1.165) is 0 Å². The number of amides is 1. The highest BCUT2D eigenvalue weighted by Gasteiger charge is 2.22. The van der Waals surface area contributed by atoms with Gasteiger partial charge in [0.25, 0.3) is 5.91 Å². The van der Waals surface area contributed by atoms with E-state index in [2.05, 4.69) is 15.0 Å². The van der Waals surface area contributed by atoms with Gasteiger partial charge in [-0.05, 0) is 30.3 Å². The highest BCUT2D eigenvalue weighted by Crippen LogP contribution is 2.33. The molecule has 0 spiro atoms. The number of imidazole rings is 1. The van der Waals surface area contributed by atoms with Crippen molar-refractivity contribution in [2.24, 2.45) is 5.73 Å². The van der Waals surface area contributed by atoms with Crippen molar-refractivity contribution in [3.8, 4) is 40.1 Å². The Bertz CT molecular complexity index is 1430. The Hall–Kier alpha value is -4.54. The van der Waals surface area contributed by atoms with E-state index in [1.165, 1.54) is 33.0 Å². The zero-order valence-electron chi connectivity index (χ0n) is 18.3. The van der Waals surface area contributed by atoms with Gasteiger partial charge >= 0.3 is 5.69 Å². The molecule has 33 heavy (non-hydrogen) atoms. The van der Waals surface area contributed by atoms with Crippen LogP contribution in [0.5, 0.6) is 23.0 Å². The maximum atomic E-state index is 12.9. The van der Waals surface area contributed by atoms with Gasteiger partial charge in [0.2, 0.25) is 0 Å². The summed E-state index contributed by atoms with van der Waals surface area (Å²) in [7, 11) is 6.01. The highest BCUT2D eigenvalue weighted by molar-refractivity contribution is 6.02. The van der Waals surface area contributed by atoms with Crippen molar-refractivity contribution < 1.29 is 23.7 Å². The average molecular weight is 451 g/mol. The van der Waals surface area contributed by atoms with Crippen LogP contribution in [0, 0.1) is 0 Å². The summed E-state index contributed by atoms with van der Waals surface area (Å²) in [5, 5.41) is 0. The fourth-order valence-corrected chi connectivity index (χ4v) is 3.46. The summed E-state index contributed by atoms with van der Waals surface area (Å²) in [6, 6.07) is 10.0. The summed E-state index contributed by atoms with van der Waals surface area (Å²) in [5.74, 6) is 1.21. The van der Waals surface area contributed by atoms with Crippen LogP contribution in [-0.2, 0) is 0 Å². The van der Waals surface area contributed by atoms with Crippen molar-refractivity contribution in [3.05, 3.63) is 52.6 Å². The Morgan fingerprint density at radius 1 is 0.909 bits per heavy atom. The summed E-state index contributed by atoms with van der Waals surface area (Å²) < 4.78 is 22.6. The van der Waals surface area contributed by atoms with Crippen molar-refractivity contribution in [2.45, 2.75) is 0 Å². The van der Waals surface area contributed by atoms with Crippen molar-refractivity contribution in [1.29, 1.82) is 0 Å². The molecule has 3 N–H and O–H groups in total. The smallest absolute Gasteiger partial charge is 0.332 e. The second-order valence-corrected chi connectivity index (χ2v) is 6.83. The minimum absolute atomic E-state index is 0.106. The first-order valence-electron chi connectivity index (χ1n) is 9.69. The van der Waals surface area contributed by atoms with Gasteiger partial charge in [0.05, 0.1) is 34.1 Å². The van der Waals surface area contributed by atoms with Crippen LogP contribution in [0.3, 0.4) is 0 Å². The van der Waals surface area contributed by atoms with Crippen LogP contribution < -0.4 is 30.4 Å². The first-order valence-corrected chi connectivity index (χ1v) is 9.69. The standard InChI is InChI=1S/C22H21N5O6/c1-30-12-6-7-13(15(10-12)32-3)27-21-18(25-22(27)29)17(19(23)28)24-20(26-21)11-5-8-14(31-2)16(9-11)33-4/h5-10H,1-4H3,(H2,23,28)(H,25,29). The molecule has 1 amide bonds. The number of rotatable bonds is 7. The Morgan fingerprint density at radius 3 is 2.27 bits per heavy atom. The number of aromatic amines is 1. The third kappa shape index (κ3) is 3.69. The normalized spacial score (nSPS) is 10.8. The van der Waals surface area contributed by atoms with Gasteiger partial charge in [0.15, 0.2) is 28.7 Å². The van der Waals surface area contributed by atoms with Gasteiger partial charge in [-0.3, -0.25) is 4.79 Å². The minimum Gasteiger partial charge on any atom is -0.497 e. The lowest BCUT2D eigenvalue weighted by Crippen LogP contribution is -2.16. The van der Waals surface area contributed by atoms with E-state index in [-0.39, 0.29) is 22.7 Å². The fourth-order valence-electron chi connectivity index (χ4n) is 3.46. The zero-order chi connectivity index (χ0) is 23.7. The molecular weight excluding hydrogens is 430 g/mol. The fraction of sp³-hybridized carbons (Fsp3) is 0.182. The van der Waals surface area contributed by atoms with E-state index < -0.39 is 11.6 Å². The predicted octanol–water partition coefficient (Wildman–Crippen LogP) is 1.91. The largest absolute Gasteiger partial charge is 0.497 e. The van der Waals surface area contributed by atoms with Gasteiger partial charge in [0.1, 0.15) is 17.0 Å². The summed E-state index contributed by atoms with van der Waals surface area (Å²) in [6.45, 7) is 0. The van der Waals surface area contributed by atoms with Crippen LogP contribution in [0.1, 0.15) is 10.5 Å². The third-order valence-electron chi connectivity index (χ3n) is 5.04. The first-order chi connectivity index (χ1) is 15.9. The Morgan fingerprint density at radius 2 is 1.64 bits per heavy atom. The van der Waals surface area contributed by atoms with Gasteiger partial charge in [-0.15, -0.1) is 0 Å². The molecule has 0 saturated carbocycles. The summed E-state index contributed by atoms with van der Waals surface area (Å²) >= 11 is 0. The number of primary amides is 1. The Balaban J connectivity index is 2.02. The third-order valence-corrected chi connectivity index (χ3v) is 5.04. The molecule has 2 aromatic heterocycles. The SMILES string of the molecule is COc1ccc(-n2c(=O)[nH]c3c(C(N)=O)nc(-c4ccc(OC)c(OC)c4)nc32)c(OC)c1. The topological polar surface area (TPSA) is 144 Å². The summed E-state index contributed by atoms with van der Waals surface area (Å²) in [5.41, 5.74) is 6.07. The van der Waals surface area contributed by atoms with Crippen molar-refractivity contribution in [2.75, 3.05) is 28.4 Å². The number of fused-ring (bicyclic) bond motifs is 1. The lowest BCUT2D eigenvalue weighted by Gasteiger charge is -2.12. The van der Waals surface area contributed by atoms with Crippen LogP contribution in [0.25, 0.3) is 28.2 Å². The van der Waals surface area contributed by atoms with E-state index in [4.69, 9.17) is 24.7 Å². The van der Waals surface area contributed by atoms with Crippen LogP contribution in [0.4, 0.5) is 0 Å². The van der Waals surface area contributed by atoms with Gasteiger partial charge in [-0.1, -0.05) is 0 Å². The van der Waals surface area contributed by atoms with Gasteiger partial charge in [-0.2, -0.15) is 0 Å². The Labute approximate surface area is 187 Å². The molecule has 0 unspecified atom stereocenters. The number of hydrogen-bond donors (Lipinski definition) is 2. The molecule has 2 heterocycles. The highest BCUT2D eigenvalue weighted by atomic mass is 16.5. The number of H-pyrrole nitrogens is 1. The number of carbonyl (C=O) groups is 1. The van der Waals surface area contributed by atoms with Crippen LogP contribution in [-0.4, -0.2) is 53.9 Å². The van der Waals surface area contributed by atoms with Gasteiger partial charge < -0.3 is 29.7 Å². The molecule has 2 aromatic carbocycles. The maximum absolute atomic E-state index is 12.9. The van der Waals surface area contributed by atoms with Crippen molar-refractivity contribution >= 4 is 17.1 Å². The number of ether oxygens (including phenoxy) is 4. The molecule has 11 heteroatoms. The molecule has 0 bridgehead atoms. The Kier molecular flexibility index (Phi) is 5.61. The molecule has 4 rings (SSSR count). The molecular formula is C22H21N5O6. The van der Waals surface area contributed by atoms with E-state index in [1.807, 2.05) is 0 Å². The van der Waals surface area contributed by atoms with Gasteiger partial charge in [-0.25, -0.2) is 19.3 Å². The van der Waals surface area contributed by atoms with Gasteiger partial charge in [0, 0.05) is 11.6 Å². The molecule has 0 aliphatic carbocycles. The van der Waals surface area contributed by atoms with Crippen molar-refractivity contribution in [3.63, 3.8) is 0 Å². The van der Waals surface area contributed by atoms with Crippen LogP contribution in [0.2, 0.25) is 0 Å². The molecule has 0 saturated heterocycles. The molecule has 0 aliphatic heterocycles. The van der Waals surface area contributed by atoms with Crippen LogP contribution >= 0.6 is 0 Å². The predicted molar refractivity (Wildman–Crippen MR) is 120 cm³/mol. The maximum Gasteiger partial charge on any atom is 0.332 e. The zero-order valence-corrected chi connectivity index (χ0v) is 18.3. The number of hydrogen-bond acceptors (Lipinski definition) is 8. The number of nitrogens with zero attached hydrogens (tertiary/aromatic N) is 3. The lowest BCUT2D eigenvalue weighted by molar-refractivity contribution is 0.0997. The van der Waals surface area contributed by atoms with E-state index >= 15 is 0 Å². The number of nitrogens with two attached hydrogens (primary N) is 1. The molecule has 170 valence electrons. The minimum atomic E-state index is -0.820. The number of methoxy groups -OCH3 is 4. The quantitative estimate of drug-likeness (QED) is 0.434.